The zero-order valence-electron chi connectivity index (χ0n) is 13.1. The van der Waals surface area contributed by atoms with E-state index < -0.39 is 6.10 Å². The van der Waals surface area contributed by atoms with Gasteiger partial charge in [-0.25, -0.2) is 4.98 Å². The molecule has 0 fully saturated rings. The third-order valence-electron chi connectivity index (χ3n) is 3.38. The van der Waals surface area contributed by atoms with Crippen LogP contribution in [0.15, 0.2) is 29.6 Å². The molecule has 114 valence electrons. The normalized spacial score (nSPS) is 13.2. The molecule has 1 aromatic carbocycles. The van der Waals surface area contributed by atoms with E-state index in [4.69, 9.17) is 4.74 Å². The Hall–Kier alpha value is -1.39. The molecule has 0 saturated carbocycles. The predicted molar refractivity (Wildman–Crippen MR) is 87.2 cm³/mol. The number of thiazole rings is 1. The maximum absolute atomic E-state index is 10.3. The second-order valence-corrected chi connectivity index (χ2v) is 7.19. The molecule has 1 atom stereocenters. The highest BCUT2D eigenvalue weighted by atomic mass is 32.1. The lowest BCUT2D eigenvalue weighted by Crippen LogP contribution is -2.15. The molecular formula is C17H23NO2S. The van der Waals surface area contributed by atoms with Crippen LogP contribution in [0.25, 0.3) is 0 Å². The monoisotopic (exact) mass is 305 g/mol. The summed E-state index contributed by atoms with van der Waals surface area (Å²) >= 11 is 1.62. The van der Waals surface area contributed by atoms with E-state index in [-0.39, 0.29) is 5.41 Å². The number of nitrogens with zero attached hydrogens (tertiary/aromatic N) is 1. The fourth-order valence-electron chi connectivity index (χ4n) is 2.15. The van der Waals surface area contributed by atoms with Crippen molar-refractivity contribution in [2.45, 2.75) is 45.1 Å². The summed E-state index contributed by atoms with van der Waals surface area (Å²) in [7, 11) is 1.65. The molecule has 0 amide bonds. The summed E-state index contributed by atoms with van der Waals surface area (Å²) in [4.78, 5) is 4.63. The van der Waals surface area contributed by atoms with Crippen molar-refractivity contribution < 1.29 is 9.84 Å². The maximum atomic E-state index is 10.3. The lowest BCUT2D eigenvalue weighted by Gasteiger charge is -2.15. The lowest BCUT2D eigenvalue weighted by molar-refractivity contribution is 0.174. The molecule has 0 aliphatic rings. The van der Waals surface area contributed by atoms with Crippen molar-refractivity contribution in [2.24, 2.45) is 0 Å². The van der Waals surface area contributed by atoms with Crippen LogP contribution in [0.3, 0.4) is 0 Å². The number of aliphatic hydroxyl groups is 1. The first-order valence-electron chi connectivity index (χ1n) is 7.15. The number of hydrogen-bond acceptors (Lipinski definition) is 4. The molecular weight excluding hydrogens is 282 g/mol. The van der Waals surface area contributed by atoms with Gasteiger partial charge in [-0.3, -0.25) is 0 Å². The third-order valence-corrected chi connectivity index (χ3v) is 4.25. The van der Waals surface area contributed by atoms with Crippen molar-refractivity contribution in [3.8, 4) is 5.75 Å². The first kappa shape index (κ1) is 16.0. The van der Waals surface area contributed by atoms with Crippen molar-refractivity contribution in [3.63, 3.8) is 0 Å². The average molecular weight is 305 g/mol. The highest BCUT2D eigenvalue weighted by molar-refractivity contribution is 7.09. The van der Waals surface area contributed by atoms with Crippen LogP contribution in [0, 0.1) is 0 Å². The minimum absolute atomic E-state index is 0.0579. The molecule has 0 radical (unpaired) electrons. The van der Waals surface area contributed by atoms with Crippen molar-refractivity contribution in [2.75, 3.05) is 7.11 Å². The van der Waals surface area contributed by atoms with Crippen LogP contribution < -0.4 is 4.74 Å². The Kier molecular flexibility index (Phi) is 5.01. The average Bonchev–Trinajstić information content (AvgIpc) is 2.87. The molecule has 1 unspecified atom stereocenters. The van der Waals surface area contributed by atoms with Gasteiger partial charge in [0.25, 0.3) is 0 Å². The van der Waals surface area contributed by atoms with E-state index >= 15 is 0 Å². The van der Waals surface area contributed by atoms with Gasteiger partial charge in [-0.2, -0.15) is 0 Å². The van der Waals surface area contributed by atoms with Crippen molar-refractivity contribution in [1.82, 2.24) is 4.98 Å². The van der Waals surface area contributed by atoms with E-state index in [9.17, 15) is 5.11 Å². The fourth-order valence-corrected chi connectivity index (χ4v) is 3.24. The number of ether oxygens (including phenoxy) is 1. The van der Waals surface area contributed by atoms with Crippen molar-refractivity contribution in [1.29, 1.82) is 0 Å². The van der Waals surface area contributed by atoms with E-state index in [1.165, 1.54) is 0 Å². The Balaban J connectivity index is 2.01. The minimum atomic E-state index is -0.444. The van der Waals surface area contributed by atoms with Gasteiger partial charge in [-0.05, 0) is 11.6 Å². The van der Waals surface area contributed by atoms with Crippen molar-refractivity contribution in [3.05, 3.63) is 45.9 Å². The molecule has 1 aromatic heterocycles. The summed E-state index contributed by atoms with van der Waals surface area (Å²) in [6.45, 7) is 6.45. The van der Waals surface area contributed by atoms with Gasteiger partial charge < -0.3 is 9.84 Å². The first-order valence-corrected chi connectivity index (χ1v) is 8.03. The third kappa shape index (κ3) is 4.29. The molecule has 0 aliphatic heterocycles. The number of aromatic nitrogens is 1. The second-order valence-electron chi connectivity index (χ2n) is 6.25. The standard InChI is InChI=1S/C17H23NO2S/c1-17(2,3)15-11-21-16(18-15)10-13(19)9-12-7-5-6-8-14(12)20-4/h5-8,11,13,19H,9-10H2,1-4H3. The number of rotatable bonds is 5. The van der Waals surface area contributed by atoms with E-state index in [2.05, 4.69) is 31.1 Å². The van der Waals surface area contributed by atoms with Gasteiger partial charge in [-0.15, -0.1) is 11.3 Å². The van der Waals surface area contributed by atoms with Crippen LogP contribution in [0.1, 0.15) is 37.0 Å². The minimum Gasteiger partial charge on any atom is -0.496 e. The van der Waals surface area contributed by atoms with Crippen molar-refractivity contribution >= 4 is 11.3 Å². The Morgan fingerprint density at radius 2 is 1.95 bits per heavy atom. The molecule has 0 saturated heterocycles. The zero-order chi connectivity index (χ0) is 15.5. The smallest absolute Gasteiger partial charge is 0.122 e. The maximum Gasteiger partial charge on any atom is 0.122 e. The van der Waals surface area contributed by atoms with E-state index in [0.717, 1.165) is 22.0 Å². The van der Waals surface area contributed by atoms with Gasteiger partial charge in [0.05, 0.1) is 23.9 Å². The molecule has 2 rings (SSSR count). The van der Waals surface area contributed by atoms with Gasteiger partial charge in [0.15, 0.2) is 0 Å². The van der Waals surface area contributed by atoms with E-state index in [1.54, 1.807) is 18.4 Å². The number of para-hydroxylation sites is 1. The predicted octanol–water partition coefficient (Wildman–Crippen LogP) is 3.60. The van der Waals surface area contributed by atoms with Gasteiger partial charge in [0.1, 0.15) is 5.75 Å². The molecule has 21 heavy (non-hydrogen) atoms. The van der Waals surface area contributed by atoms with Crippen LogP contribution in [-0.4, -0.2) is 23.3 Å². The summed E-state index contributed by atoms with van der Waals surface area (Å²) in [6, 6.07) is 7.81. The zero-order valence-corrected chi connectivity index (χ0v) is 13.9. The topological polar surface area (TPSA) is 42.4 Å². The molecule has 1 N–H and O–H groups in total. The lowest BCUT2D eigenvalue weighted by atomic mass is 9.93. The molecule has 2 aromatic rings. The van der Waals surface area contributed by atoms with E-state index in [0.29, 0.717) is 12.8 Å². The second kappa shape index (κ2) is 6.58. The largest absolute Gasteiger partial charge is 0.496 e. The Bertz CT molecular complexity index is 586. The summed E-state index contributed by atoms with van der Waals surface area (Å²) in [5.74, 6) is 0.825. The molecule has 1 heterocycles. The highest BCUT2D eigenvalue weighted by Crippen LogP contribution is 2.25. The molecule has 3 nitrogen and oxygen atoms in total. The molecule has 4 heteroatoms. The SMILES string of the molecule is COc1ccccc1CC(O)Cc1nc(C(C)(C)C)cs1. The molecule has 0 bridgehead atoms. The fraction of sp³-hybridized carbons (Fsp3) is 0.471. The Morgan fingerprint density at radius 3 is 2.57 bits per heavy atom. The first-order chi connectivity index (χ1) is 9.90. The Labute approximate surface area is 130 Å². The summed E-state index contributed by atoms with van der Waals surface area (Å²) in [5.41, 5.74) is 2.18. The summed E-state index contributed by atoms with van der Waals surface area (Å²) < 4.78 is 5.32. The highest BCUT2D eigenvalue weighted by Gasteiger charge is 2.19. The number of aliphatic hydroxyl groups excluding tert-OH is 1. The van der Waals surface area contributed by atoms with Crippen LogP contribution in [0.4, 0.5) is 0 Å². The van der Waals surface area contributed by atoms with Crippen LogP contribution in [0.2, 0.25) is 0 Å². The quantitative estimate of drug-likeness (QED) is 0.918. The van der Waals surface area contributed by atoms with Gasteiger partial charge in [0, 0.05) is 23.6 Å². The van der Waals surface area contributed by atoms with Gasteiger partial charge in [0.2, 0.25) is 0 Å². The number of hydrogen-bond donors (Lipinski definition) is 1. The van der Waals surface area contributed by atoms with E-state index in [1.807, 2.05) is 24.3 Å². The van der Waals surface area contributed by atoms with Gasteiger partial charge >= 0.3 is 0 Å². The molecule has 0 aliphatic carbocycles. The van der Waals surface area contributed by atoms with Gasteiger partial charge in [-0.1, -0.05) is 39.0 Å². The van der Waals surface area contributed by atoms with Crippen LogP contribution in [-0.2, 0) is 18.3 Å². The number of methoxy groups -OCH3 is 1. The number of benzene rings is 1. The van der Waals surface area contributed by atoms with Crippen LogP contribution >= 0.6 is 11.3 Å². The van der Waals surface area contributed by atoms with Crippen LogP contribution in [0.5, 0.6) is 5.75 Å². The summed E-state index contributed by atoms with van der Waals surface area (Å²) in [6.07, 6.45) is 0.716. The molecule has 0 spiro atoms. The Morgan fingerprint density at radius 1 is 1.24 bits per heavy atom. The summed E-state index contributed by atoms with van der Waals surface area (Å²) in [5, 5.41) is 13.4.